The summed E-state index contributed by atoms with van der Waals surface area (Å²) in [5, 5.41) is 17.1. The molecule has 0 bridgehead atoms. The molecule has 7 nitrogen and oxygen atoms in total. The molecule has 0 fully saturated rings. The van der Waals surface area contributed by atoms with E-state index >= 15 is 0 Å². The number of rotatable bonds is 5. The molecule has 1 rings (SSSR count). The zero-order chi connectivity index (χ0) is 12.0. The van der Waals surface area contributed by atoms with Crippen molar-refractivity contribution in [3.8, 4) is 0 Å². The summed E-state index contributed by atoms with van der Waals surface area (Å²) in [7, 11) is 0. The predicted octanol–water partition coefficient (Wildman–Crippen LogP) is 0.337. The molecule has 1 atom stereocenters. The number of amides is 2. The average Bonchev–Trinajstić information content (AvgIpc) is 2.75. The van der Waals surface area contributed by atoms with Crippen LogP contribution >= 0.6 is 0 Å². The molecular formula is C9H13N3O4. The van der Waals surface area contributed by atoms with Crippen molar-refractivity contribution in [3.63, 3.8) is 0 Å². The monoisotopic (exact) mass is 227 g/mol. The van der Waals surface area contributed by atoms with Crippen LogP contribution in [0.5, 0.6) is 0 Å². The van der Waals surface area contributed by atoms with Crippen molar-refractivity contribution in [2.75, 3.05) is 0 Å². The van der Waals surface area contributed by atoms with Crippen molar-refractivity contribution < 1.29 is 19.2 Å². The molecule has 0 aliphatic carbocycles. The van der Waals surface area contributed by atoms with Gasteiger partial charge in [0.25, 0.3) is 0 Å². The number of carbonyl (C=O) groups excluding carboxylic acids is 1. The van der Waals surface area contributed by atoms with Gasteiger partial charge >= 0.3 is 12.0 Å². The lowest BCUT2D eigenvalue weighted by atomic mass is 10.2. The first-order valence-corrected chi connectivity index (χ1v) is 4.80. The fourth-order valence-corrected chi connectivity index (χ4v) is 1.05. The molecule has 2 amide bonds. The molecule has 1 aromatic heterocycles. The lowest BCUT2D eigenvalue weighted by Crippen LogP contribution is -2.45. The number of carboxylic acid groups (broad SMARTS) is 1. The molecule has 3 N–H and O–H groups in total. The first-order valence-electron chi connectivity index (χ1n) is 4.80. The highest BCUT2D eigenvalue weighted by atomic mass is 16.5. The van der Waals surface area contributed by atoms with Gasteiger partial charge in [0.05, 0.1) is 6.54 Å². The van der Waals surface area contributed by atoms with Gasteiger partial charge in [-0.2, -0.15) is 0 Å². The number of carbonyl (C=O) groups is 2. The molecule has 0 aliphatic rings. The van der Waals surface area contributed by atoms with E-state index in [0.717, 1.165) is 0 Å². The minimum atomic E-state index is -1.06. The maximum atomic E-state index is 11.3. The topological polar surface area (TPSA) is 104 Å². The smallest absolute Gasteiger partial charge is 0.326 e. The van der Waals surface area contributed by atoms with Gasteiger partial charge in [0, 0.05) is 6.07 Å². The molecule has 0 saturated heterocycles. The average molecular weight is 227 g/mol. The van der Waals surface area contributed by atoms with Gasteiger partial charge < -0.3 is 20.3 Å². The highest BCUT2D eigenvalue weighted by molar-refractivity contribution is 5.82. The molecule has 1 aromatic rings. The summed E-state index contributed by atoms with van der Waals surface area (Å²) >= 11 is 0. The lowest BCUT2D eigenvalue weighted by Gasteiger charge is -2.12. The summed E-state index contributed by atoms with van der Waals surface area (Å²) in [5.41, 5.74) is 0.568. The van der Waals surface area contributed by atoms with Gasteiger partial charge in [0.1, 0.15) is 18.0 Å². The van der Waals surface area contributed by atoms with Gasteiger partial charge in [-0.05, 0) is 6.42 Å². The van der Waals surface area contributed by atoms with Gasteiger partial charge in [0.2, 0.25) is 0 Å². The highest BCUT2D eigenvalue weighted by Crippen LogP contribution is 1.94. The van der Waals surface area contributed by atoms with Gasteiger partial charge in [-0.3, -0.25) is 0 Å². The summed E-state index contributed by atoms with van der Waals surface area (Å²) in [6.45, 7) is 1.87. The van der Waals surface area contributed by atoms with Crippen LogP contribution in [0.15, 0.2) is 16.9 Å². The van der Waals surface area contributed by atoms with Crippen LogP contribution in [0.1, 0.15) is 19.0 Å². The Morgan fingerprint density at radius 3 is 2.88 bits per heavy atom. The SMILES string of the molecule is CCC(NC(=O)NCc1ccon1)C(=O)O. The third-order valence-corrected chi connectivity index (χ3v) is 1.93. The second-order valence-corrected chi connectivity index (χ2v) is 3.12. The van der Waals surface area contributed by atoms with Gasteiger partial charge in [-0.25, -0.2) is 9.59 Å². The fraction of sp³-hybridized carbons (Fsp3) is 0.444. The normalized spacial score (nSPS) is 11.8. The number of aromatic nitrogens is 1. The van der Waals surface area contributed by atoms with Crippen molar-refractivity contribution in [1.29, 1.82) is 0 Å². The van der Waals surface area contributed by atoms with Crippen molar-refractivity contribution in [3.05, 3.63) is 18.0 Å². The number of carboxylic acids is 1. The third-order valence-electron chi connectivity index (χ3n) is 1.93. The first kappa shape index (κ1) is 12.0. The molecule has 1 heterocycles. The van der Waals surface area contributed by atoms with E-state index in [9.17, 15) is 9.59 Å². The Kier molecular flexibility index (Phi) is 4.31. The van der Waals surface area contributed by atoms with Crippen molar-refractivity contribution in [2.45, 2.75) is 25.9 Å². The molecule has 0 aromatic carbocycles. The van der Waals surface area contributed by atoms with Crippen molar-refractivity contribution >= 4 is 12.0 Å². The molecule has 88 valence electrons. The number of urea groups is 1. The van der Waals surface area contributed by atoms with E-state index < -0.39 is 18.0 Å². The fourth-order valence-electron chi connectivity index (χ4n) is 1.05. The standard InChI is InChI=1S/C9H13N3O4/c1-2-7(8(13)14)11-9(15)10-5-6-3-4-16-12-6/h3-4,7H,2,5H2,1H3,(H,13,14)(H2,10,11,15). The molecule has 0 aliphatic heterocycles. The lowest BCUT2D eigenvalue weighted by molar-refractivity contribution is -0.139. The van der Waals surface area contributed by atoms with E-state index in [0.29, 0.717) is 12.1 Å². The van der Waals surface area contributed by atoms with Crippen LogP contribution in [-0.2, 0) is 11.3 Å². The number of nitrogens with zero attached hydrogens (tertiary/aromatic N) is 1. The van der Waals surface area contributed by atoms with Gasteiger partial charge in [-0.15, -0.1) is 0 Å². The third kappa shape index (κ3) is 3.60. The number of hydrogen-bond donors (Lipinski definition) is 3. The van der Waals surface area contributed by atoms with Crippen molar-refractivity contribution in [1.82, 2.24) is 15.8 Å². The number of nitrogens with one attached hydrogen (secondary N) is 2. The molecule has 7 heteroatoms. The summed E-state index contributed by atoms with van der Waals surface area (Å²) in [6, 6.07) is 0.184. The van der Waals surface area contributed by atoms with Crippen LogP contribution in [-0.4, -0.2) is 28.3 Å². The zero-order valence-corrected chi connectivity index (χ0v) is 8.77. The van der Waals surface area contributed by atoms with E-state index in [1.54, 1.807) is 13.0 Å². The molecule has 0 radical (unpaired) electrons. The molecular weight excluding hydrogens is 214 g/mol. The highest BCUT2D eigenvalue weighted by Gasteiger charge is 2.17. The predicted molar refractivity (Wildman–Crippen MR) is 53.6 cm³/mol. The van der Waals surface area contributed by atoms with Crippen molar-refractivity contribution in [2.24, 2.45) is 0 Å². The Morgan fingerprint density at radius 2 is 2.38 bits per heavy atom. The maximum absolute atomic E-state index is 11.3. The quantitative estimate of drug-likeness (QED) is 0.672. The Balaban J connectivity index is 2.33. The van der Waals surface area contributed by atoms with Crippen LogP contribution in [0.2, 0.25) is 0 Å². The molecule has 0 spiro atoms. The van der Waals surface area contributed by atoms with Crippen LogP contribution in [0.4, 0.5) is 4.79 Å². The summed E-state index contributed by atoms with van der Waals surface area (Å²) in [6.07, 6.45) is 1.72. The summed E-state index contributed by atoms with van der Waals surface area (Å²) in [4.78, 5) is 21.9. The van der Waals surface area contributed by atoms with Crippen LogP contribution < -0.4 is 10.6 Å². The molecule has 16 heavy (non-hydrogen) atoms. The second-order valence-electron chi connectivity index (χ2n) is 3.12. The summed E-state index contributed by atoms with van der Waals surface area (Å²) < 4.78 is 4.57. The van der Waals surface area contributed by atoms with E-state index in [1.165, 1.54) is 6.26 Å². The minimum absolute atomic E-state index is 0.193. The van der Waals surface area contributed by atoms with Gasteiger partial charge in [0.15, 0.2) is 0 Å². The number of aliphatic carboxylic acids is 1. The van der Waals surface area contributed by atoms with Crippen LogP contribution in [0.3, 0.4) is 0 Å². The molecule has 1 unspecified atom stereocenters. The number of hydrogen-bond acceptors (Lipinski definition) is 4. The van der Waals surface area contributed by atoms with Crippen LogP contribution in [0.25, 0.3) is 0 Å². The maximum Gasteiger partial charge on any atom is 0.326 e. The van der Waals surface area contributed by atoms with E-state index in [4.69, 9.17) is 5.11 Å². The minimum Gasteiger partial charge on any atom is -0.480 e. The molecule has 0 saturated carbocycles. The zero-order valence-electron chi connectivity index (χ0n) is 8.77. The van der Waals surface area contributed by atoms with Gasteiger partial charge in [-0.1, -0.05) is 12.1 Å². The first-order chi connectivity index (χ1) is 7.63. The largest absolute Gasteiger partial charge is 0.480 e. The van der Waals surface area contributed by atoms with Crippen LogP contribution in [0, 0.1) is 0 Å². The van der Waals surface area contributed by atoms with E-state index in [-0.39, 0.29) is 6.54 Å². The second kappa shape index (κ2) is 5.74. The Morgan fingerprint density at radius 1 is 1.62 bits per heavy atom. The Bertz CT molecular complexity index is 350. The Hall–Kier alpha value is -2.05. The van der Waals surface area contributed by atoms with E-state index in [2.05, 4.69) is 20.3 Å². The Labute approximate surface area is 91.8 Å². The summed E-state index contributed by atoms with van der Waals surface area (Å²) in [5.74, 6) is -1.06. The van der Waals surface area contributed by atoms with E-state index in [1.807, 2.05) is 0 Å².